The molecule has 1 aromatic rings. The van der Waals surface area contributed by atoms with E-state index >= 15 is 0 Å². The molecule has 0 saturated heterocycles. The fraction of sp³-hybridized carbons (Fsp3) is 0.111. The fourth-order valence-electron chi connectivity index (χ4n) is 0.898. The van der Waals surface area contributed by atoms with Gasteiger partial charge in [0.05, 0.1) is 10.0 Å². The minimum atomic E-state index is -1.24. The van der Waals surface area contributed by atoms with Crippen molar-refractivity contribution in [2.45, 2.75) is 0 Å². The van der Waals surface area contributed by atoms with Gasteiger partial charge in [0.25, 0.3) is 5.91 Å². The highest BCUT2D eigenvalue weighted by atomic mass is 79.9. The fourth-order valence-corrected chi connectivity index (χ4v) is 1.26. The highest BCUT2D eigenvalue weighted by Gasteiger charge is 2.13. The smallest absolute Gasteiger partial charge is 0.332 e. The number of aliphatic carboxylic acids is 1. The van der Waals surface area contributed by atoms with E-state index in [-0.39, 0.29) is 10.0 Å². The number of hydrogen-bond donors (Lipinski definition) is 2. The Bertz CT molecular complexity index is 424. The molecule has 0 aliphatic heterocycles. The lowest BCUT2D eigenvalue weighted by Crippen LogP contribution is -2.27. The van der Waals surface area contributed by atoms with Gasteiger partial charge in [0.1, 0.15) is 5.82 Å². The van der Waals surface area contributed by atoms with E-state index in [2.05, 4.69) is 20.8 Å². The minimum Gasteiger partial charge on any atom is -0.479 e. The molecule has 0 saturated carbocycles. The zero-order valence-corrected chi connectivity index (χ0v) is 9.45. The number of carbonyl (C=O) groups excluding carboxylic acids is 1. The van der Waals surface area contributed by atoms with Crippen LogP contribution in [0.15, 0.2) is 22.7 Å². The number of nitrogens with one attached hydrogen (secondary N) is 1. The second-order valence-corrected chi connectivity index (χ2v) is 3.57. The summed E-state index contributed by atoms with van der Waals surface area (Å²) < 4.78 is 13.5. The molecule has 0 aliphatic rings. The van der Waals surface area contributed by atoms with E-state index in [1.165, 1.54) is 18.2 Å². The molecule has 86 valence electrons. The van der Waals surface area contributed by atoms with E-state index in [9.17, 15) is 14.0 Å². The normalized spacial score (nSPS) is 9.88. The average molecular weight is 292 g/mol. The standard InChI is InChI=1S/C9H7BrFNO4/c10-6-3-1-2-5(8(6)11)9(15)12-16-4-7(13)14/h1-3H,4H2,(H,12,15)(H,13,14). The van der Waals surface area contributed by atoms with E-state index in [0.717, 1.165) is 0 Å². The predicted octanol–water partition coefficient (Wildman–Crippen LogP) is 1.33. The van der Waals surface area contributed by atoms with Crippen LogP contribution in [-0.4, -0.2) is 23.6 Å². The van der Waals surface area contributed by atoms with Gasteiger partial charge in [-0.25, -0.2) is 14.7 Å². The molecule has 1 rings (SSSR count). The minimum absolute atomic E-state index is 0.137. The number of benzene rings is 1. The summed E-state index contributed by atoms with van der Waals surface area (Å²) in [6, 6.07) is 4.16. The molecule has 7 heteroatoms. The number of rotatable bonds is 4. The van der Waals surface area contributed by atoms with Crippen molar-refractivity contribution in [3.8, 4) is 0 Å². The Balaban J connectivity index is 2.66. The molecule has 0 unspecified atom stereocenters. The number of amides is 1. The third-order valence-electron chi connectivity index (χ3n) is 1.56. The molecule has 0 aromatic heterocycles. The lowest BCUT2D eigenvalue weighted by Gasteiger charge is -2.05. The van der Waals surface area contributed by atoms with E-state index in [4.69, 9.17) is 5.11 Å². The van der Waals surface area contributed by atoms with E-state index in [1.54, 1.807) is 0 Å². The van der Waals surface area contributed by atoms with E-state index in [0.29, 0.717) is 0 Å². The molecule has 5 nitrogen and oxygen atoms in total. The van der Waals surface area contributed by atoms with Gasteiger partial charge >= 0.3 is 5.97 Å². The summed E-state index contributed by atoms with van der Waals surface area (Å²) in [5, 5.41) is 8.24. The summed E-state index contributed by atoms with van der Waals surface area (Å²) >= 11 is 2.92. The Morgan fingerprint density at radius 3 is 2.81 bits per heavy atom. The molecule has 0 spiro atoms. The maximum atomic E-state index is 13.4. The van der Waals surface area contributed by atoms with Crippen LogP contribution in [0.5, 0.6) is 0 Å². The molecule has 0 bridgehead atoms. The first-order valence-electron chi connectivity index (χ1n) is 4.10. The molecule has 0 heterocycles. The van der Waals surface area contributed by atoms with Gasteiger partial charge < -0.3 is 5.11 Å². The van der Waals surface area contributed by atoms with Gasteiger partial charge in [-0.1, -0.05) is 6.07 Å². The molecule has 2 N–H and O–H groups in total. The van der Waals surface area contributed by atoms with Crippen molar-refractivity contribution in [3.63, 3.8) is 0 Å². The first-order chi connectivity index (χ1) is 7.52. The van der Waals surface area contributed by atoms with Crippen LogP contribution < -0.4 is 5.48 Å². The Hall–Kier alpha value is -1.47. The van der Waals surface area contributed by atoms with Crippen LogP contribution in [0.4, 0.5) is 4.39 Å². The van der Waals surface area contributed by atoms with Crippen LogP contribution in [0.1, 0.15) is 10.4 Å². The Labute approximate surface area is 98.3 Å². The summed E-state index contributed by atoms with van der Waals surface area (Å²) in [4.78, 5) is 25.7. The van der Waals surface area contributed by atoms with Crippen LogP contribution in [0.25, 0.3) is 0 Å². The second-order valence-electron chi connectivity index (χ2n) is 2.71. The maximum Gasteiger partial charge on any atom is 0.332 e. The van der Waals surface area contributed by atoms with Crippen LogP contribution in [0.2, 0.25) is 0 Å². The quantitative estimate of drug-likeness (QED) is 0.821. The van der Waals surface area contributed by atoms with Gasteiger partial charge in [0, 0.05) is 0 Å². The molecule has 0 radical (unpaired) electrons. The van der Waals surface area contributed by atoms with Gasteiger partial charge in [0.2, 0.25) is 0 Å². The van der Waals surface area contributed by atoms with Crippen LogP contribution in [0, 0.1) is 5.82 Å². The van der Waals surface area contributed by atoms with Crippen molar-refractivity contribution < 1.29 is 23.9 Å². The summed E-state index contributed by atoms with van der Waals surface area (Å²) in [5.74, 6) is -2.83. The van der Waals surface area contributed by atoms with Crippen molar-refractivity contribution in [1.82, 2.24) is 5.48 Å². The third-order valence-corrected chi connectivity index (χ3v) is 2.17. The molecular formula is C9H7BrFNO4. The molecule has 1 amide bonds. The third kappa shape index (κ3) is 3.28. The first kappa shape index (κ1) is 12.6. The van der Waals surface area contributed by atoms with E-state index in [1.807, 2.05) is 5.48 Å². The molecule has 0 fully saturated rings. The molecule has 1 aromatic carbocycles. The molecule has 0 aliphatic carbocycles. The lowest BCUT2D eigenvalue weighted by atomic mass is 10.2. The van der Waals surface area contributed by atoms with Crippen molar-refractivity contribution in [3.05, 3.63) is 34.1 Å². The van der Waals surface area contributed by atoms with Crippen LogP contribution in [-0.2, 0) is 9.63 Å². The van der Waals surface area contributed by atoms with Crippen LogP contribution >= 0.6 is 15.9 Å². The van der Waals surface area contributed by atoms with Crippen molar-refractivity contribution in [2.24, 2.45) is 0 Å². The summed E-state index contributed by atoms with van der Waals surface area (Å²) in [7, 11) is 0. The largest absolute Gasteiger partial charge is 0.479 e. The predicted molar refractivity (Wildman–Crippen MR) is 55.2 cm³/mol. The van der Waals surface area contributed by atoms with Crippen molar-refractivity contribution in [1.29, 1.82) is 0 Å². The van der Waals surface area contributed by atoms with Gasteiger partial charge in [-0.05, 0) is 28.1 Å². The number of carbonyl (C=O) groups is 2. The number of halogens is 2. The monoisotopic (exact) mass is 291 g/mol. The lowest BCUT2D eigenvalue weighted by molar-refractivity contribution is -0.144. The number of carboxylic acid groups (broad SMARTS) is 1. The highest BCUT2D eigenvalue weighted by molar-refractivity contribution is 9.10. The Kier molecular flexibility index (Phi) is 4.39. The highest BCUT2D eigenvalue weighted by Crippen LogP contribution is 2.18. The molecular weight excluding hydrogens is 285 g/mol. The molecule has 16 heavy (non-hydrogen) atoms. The van der Waals surface area contributed by atoms with Crippen molar-refractivity contribution in [2.75, 3.05) is 6.61 Å². The van der Waals surface area contributed by atoms with Gasteiger partial charge in [0.15, 0.2) is 6.61 Å². The number of hydrogen-bond acceptors (Lipinski definition) is 3. The van der Waals surface area contributed by atoms with Gasteiger partial charge in [-0.2, -0.15) is 0 Å². The van der Waals surface area contributed by atoms with Gasteiger partial charge in [-0.15, -0.1) is 0 Å². The topological polar surface area (TPSA) is 75.6 Å². The summed E-state index contributed by atoms with van der Waals surface area (Å²) in [6.45, 7) is -0.693. The summed E-state index contributed by atoms with van der Waals surface area (Å²) in [5.41, 5.74) is 1.58. The number of hydroxylamine groups is 1. The first-order valence-corrected chi connectivity index (χ1v) is 4.89. The van der Waals surface area contributed by atoms with E-state index < -0.39 is 24.3 Å². The van der Waals surface area contributed by atoms with Gasteiger partial charge in [-0.3, -0.25) is 9.63 Å². The number of carboxylic acids is 1. The second kappa shape index (κ2) is 5.57. The summed E-state index contributed by atoms with van der Waals surface area (Å²) in [6.07, 6.45) is 0. The Morgan fingerprint density at radius 2 is 2.19 bits per heavy atom. The average Bonchev–Trinajstić information content (AvgIpc) is 2.21. The SMILES string of the molecule is O=C(O)CONC(=O)c1cccc(Br)c1F. The maximum absolute atomic E-state index is 13.4. The van der Waals surface area contributed by atoms with Crippen molar-refractivity contribution >= 4 is 27.8 Å². The zero-order chi connectivity index (χ0) is 12.1. The zero-order valence-electron chi connectivity index (χ0n) is 7.87. The van der Waals surface area contributed by atoms with Crippen LogP contribution in [0.3, 0.4) is 0 Å². The Morgan fingerprint density at radius 1 is 1.50 bits per heavy atom. The molecule has 0 atom stereocenters.